The first-order valence-electron chi connectivity index (χ1n) is 6.04. The van der Waals surface area contributed by atoms with Gasteiger partial charge in [-0.25, -0.2) is 9.59 Å². The number of esters is 1. The van der Waals surface area contributed by atoms with E-state index in [0.717, 1.165) is 7.11 Å². The van der Waals surface area contributed by atoms with Crippen LogP contribution in [0.1, 0.15) is 12.0 Å². The highest BCUT2D eigenvalue weighted by atomic mass is 16.6. The highest BCUT2D eigenvalue weighted by molar-refractivity contribution is 6.34. The molecule has 1 unspecified atom stereocenters. The van der Waals surface area contributed by atoms with Crippen molar-refractivity contribution in [2.45, 2.75) is 19.1 Å². The number of carbonyl (C=O) groups is 3. The van der Waals surface area contributed by atoms with Crippen molar-refractivity contribution in [3.63, 3.8) is 0 Å². The third kappa shape index (κ3) is 4.94. The maximum Gasteiger partial charge on any atom is 0.375 e. The molecule has 0 aliphatic rings. The zero-order valence-corrected chi connectivity index (χ0v) is 11.6. The number of methoxy groups -OCH3 is 1. The Bertz CT molecular complexity index is 580. The summed E-state index contributed by atoms with van der Waals surface area (Å²) in [7, 11) is 1.11. The molecule has 0 bridgehead atoms. The lowest BCUT2D eigenvalue weighted by molar-refractivity contribution is -0.384. The number of carboxylic acid groups (broad SMARTS) is 1. The summed E-state index contributed by atoms with van der Waals surface area (Å²) >= 11 is 0. The minimum absolute atomic E-state index is 0.115. The van der Waals surface area contributed by atoms with Gasteiger partial charge in [0, 0.05) is 19.2 Å². The van der Waals surface area contributed by atoms with E-state index >= 15 is 0 Å². The van der Waals surface area contributed by atoms with E-state index in [4.69, 9.17) is 9.84 Å². The number of hydrogen-bond acceptors (Lipinski definition) is 7. The molecule has 22 heavy (non-hydrogen) atoms. The van der Waals surface area contributed by atoms with Crippen molar-refractivity contribution < 1.29 is 33.9 Å². The number of nitro groups is 1. The average molecular weight is 311 g/mol. The van der Waals surface area contributed by atoms with Crippen molar-refractivity contribution in [2.75, 3.05) is 7.11 Å². The van der Waals surface area contributed by atoms with Gasteiger partial charge in [-0.05, 0) is 17.7 Å². The Morgan fingerprint density at radius 3 is 2.32 bits per heavy atom. The Kier molecular flexibility index (Phi) is 6.14. The number of benzene rings is 1. The number of rotatable bonds is 8. The van der Waals surface area contributed by atoms with E-state index in [1.165, 1.54) is 24.3 Å². The molecular formula is C13H13NO8. The number of nitro benzene ring substituents is 1. The van der Waals surface area contributed by atoms with Gasteiger partial charge in [0.2, 0.25) is 5.78 Å². The number of carboxylic acids is 1. The third-order valence-corrected chi connectivity index (χ3v) is 2.68. The summed E-state index contributed by atoms with van der Waals surface area (Å²) in [4.78, 5) is 43.5. The minimum atomic E-state index is -1.42. The quantitative estimate of drug-likeness (QED) is 0.321. The largest absolute Gasteiger partial charge is 0.479 e. The Morgan fingerprint density at radius 1 is 1.27 bits per heavy atom. The van der Waals surface area contributed by atoms with Crippen molar-refractivity contribution in [2.24, 2.45) is 0 Å². The fourth-order valence-corrected chi connectivity index (χ4v) is 1.47. The molecule has 1 rings (SSSR count). The lowest BCUT2D eigenvalue weighted by Gasteiger charge is -2.09. The molecule has 0 saturated heterocycles. The summed E-state index contributed by atoms with van der Waals surface area (Å²) in [5.41, 5.74) is 0.337. The van der Waals surface area contributed by atoms with Crippen LogP contribution in [0.2, 0.25) is 0 Å². The second-order valence-electron chi connectivity index (χ2n) is 4.19. The van der Waals surface area contributed by atoms with Gasteiger partial charge in [-0.3, -0.25) is 14.9 Å². The predicted octanol–water partition coefficient (Wildman–Crippen LogP) is 0.697. The minimum Gasteiger partial charge on any atom is -0.479 e. The van der Waals surface area contributed by atoms with E-state index < -0.39 is 35.2 Å². The van der Waals surface area contributed by atoms with Crippen LogP contribution in [0.15, 0.2) is 24.3 Å². The normalized spacial score (nSPS) is 11.5. The summed E-state index contributed by atoms with van der Waals surface area (Å²) in [6.45, 7) is -0.257. The Labute approximate surface area is 124 Å². The predicted molar refractivity (Wildman–Crippen MR) is 70.9 cm³/mol. The van der Waals surface area contributed by atoms with Gasteiger partial charge in [0.1, 0.15) is 6.61 Å². The second kappa shape index (κ2) is 7.84. The van der Waals surface area contributed by atoms with E-state index in [-0.39, 0.29) is 12.3 Å². The van der Waals surface area contributed by atoms with E-state index in [1.807, 2.05) is 0 Å². The maximum absolute atomic E-state index is 11.5. The zero-order valence-electron chi connectivity index (χ0n) is 11.6. The number of Topliss-reactive ketones (excluding diaryl/α,β-unsaturated/α-hetero) is 1. The fraction of sp³-hybridized carbons (Fsp3) is 0.308. The van der Waals surface area contributed by atoms with Crippen LogP contribution in [0.5, 0.6) is 0 Å². The highest BCUT2D eigenvalue weighted by Crippen LogP contribution is 2.12. The molecule has 0 fully saturated rings. The molecule has 0 aliphatic carbocycles. The molecule has 1 aromatic carbocycles. The van der Waals surface area contributed by atoms with Crippen molar-refractivity contribution >= 4 is 23.4 Å². The Hall–Kier alpha value is -2.81. The van der Waals surface area contributed by atoms with E-state index in [2.05, 4.69) is 4.74 Å². The monoisotopic (exact) mass is 311 g/mol. The van der Waals surface area contributed by atoms with Gasteiger partial charge in [0.05, 0.1) is 11.3 Å². The maximum atomic E-state index is 11.5. The number of aliphatic carboxylic acids is 1. The van der Waals surface area contributed by atoms with Gasteiger partial charge in [-0.2, -0.15) is 0 Å². The summed E-state index contributed by atoms with van der Waals surface area (Å²) in [6, 6.07) is 5.23. The first kappa shape index (κ1) is 17.2. The first-order chi connectivity index (χ1) is 10.3. The Morgan fingerprint density at radius 2 is 1.86 bits per heavy atom. The van der Waals surface area contributed by atoms with E-state index in [9.17, 15) is 24.5 Å². The Balaban J connectivity index is 2.53. The fourth-order valence-electron chi connectivity index (χ4n) is 1.47. The number of ether oxygens (including phenoxy) is 2. The molecule has 0 saturated carbocycles. The van der Waals surface area contributed by atoms with Crippen LogP contribution in [0.25, 0.3) is 0 Å². The standard InChI is InChI=1S/C13H13NO8/c1-21-11(12(16)17)6-10(15)13(18)22-7-8-2-4-9(5-3-8)14(19)20/h2-5,11H,6-7H2,1H3,(H,16,17). The molecule has 0 aliphatic heterocycles. The average Bonchev–Trinajstić information content (AvgIpc) is 2.49. The van der Waals surface area contributed by atoms with Crippen molar-refractivity contribution in [3.05, 3.63) is 39.9 Å². The van der Waals surface area contributed by atoms with Gasteiger partial charge in [-0.15, -0.1) is 0 Å². The lowest BCUT2D eigenvalue weighted by Crippen LogP contribution is -2.29. The third-order valence-electron chi connectivity index (χ3n) is 2.68. The number of hydrogen-bond donors (Lipinski definition) is 1. The smallest absolute Gasteiger partial charge is 0.375 e. The number of ketones is 1. The zero-order chi connectivity index (χ0) is 16.7. The van der Waals surface area contributed by atoms with Gasteiger partial charge < -0.3 is 14.6 Å². The van der Waals surface area contributed by atoms with Gasteiger partial charge in [0.25, 0.3) is 5.69 Å². The van der Waals surface area contributed by atoms with Crippen LogP contribution < -0.4 is 0 Å². The van der Waals surface area contributed by atoms with Crippen LogP contribution in [0, 0.1) is 10.1 Å². The molecule has 0 heterocycles. The number of nitrogens with zero attached hydrogens (tertiary/aromatic N) is 1. The van der Waals surface area contributed by atoms with Crippen molar-refractivity contribution in [1.82, 2.24) is 0 Å². The highest BCUT2D eigenvalue weighted by Gasteiger charge is 2.25. The molecule has 9 heteroatoms. The summed E-state index contributed by atoms with van der Waals surface area (Å²) in [5.74, 6) is -3.59. The SMILES string of the molecule is COC(CC(=O)C(=O)OCc1ccc([N+](=O)[O-])cc1)C(=O)O. The molecular weight excluding hydrogens is 298 g/mol. The first-order valence-corrected chi connectivity index (χ1v) is 6.04. The van der Waals surface area contributed by atoms with Crippen LogP contribution in [0.4, 0.5) is 5.69 Å². The van der Waals surface area contributed by atoms with Gasteiger partial charge in [0.15, 0.2) is 6.10 Å². The van der Waals surface area contributed by atoms with Crippen molar-refractivity contribution in [1.29, 1.82) is 0 Å². The lowest BCUT2D eigenvalue weighted by atomic mass is 10.2. The molecule has 0 amide bonds. The van der Waals surface area contributed by atoms with Crippen LogP contribution in [-0.4, -0.2) is 41.0 Å². The molecule has 1 atom stereocenters. The van der Waals surface area contributed by atoms with Gasteiger partial charge in [-0.1, -0.05) is 0 Å². The van der Waals surface area contributed by atoms with E-state index in [0.29, 0.717) is 5.56 Å². The summed E-state index contributed by atoms with van der Waals surface area (Å²) in [5, 5.41) is 19.2. The number of carbonyl (C=O) groups excluding carboxylic acids is 2. The number of non-ortho nitro benzene ring substituents is 1. The molecule has 0 radical (unpaired) electrons. The summed E-state index contributed by atoms with van der Waals surface area (Å²) < 4.78 is 9.25. The molecule has 1 aromatic rings. The van der Waals surface area contributed by atoms with E-state index in [1.54, 1.807) is 0 Å². The van der Waals surface area contributed by atoms with Gasteiger partial charge >= 0.3 is 11.9 Å². The second-order valence-corrected chi connectivity index (χ2v) is 4.19. The topological polar surface area (TPSA) is 133 Å². The summed E-state index contributed by atoms with van der Waals surface area (Å²) in [6.07, 6.45) is -2.05. The van der Waals surface area contributed by atoms with Crippen LogP contribution >= 0.6 is 0 Å². The molecule has 0 spiro atoms. The van der Waals surface area contributed by atoms with Crippen LogP contribution in [-0.2, 0) is 30.5 Å². The van der Waals surface area contributed by atoms with Crippen molar-refractivity contribution in [3.8, 4) is 0 Å². The molecule has 118 valence electrons. The molecule has 9 nitrogen and oxygen atoms in total. The van der Waals surface area contributed by atoms with Crippen LogP contribution in [0.3, 0.4) is 0 Å². The molecule has 1 N–H and O–H groups in total. The molecule has 0 aromatic heterocycles.